The van der Waals surface area contributed by atoms with E-state index in [0.717, 1.165) is 21.6 Å². The van der Waals surface area contributed by atoms with Gasteiger partial charge >= 0.3 is 11.9 Å². The maximum absolute atomic E-state index is 13.2. The highest BCUT2D eigenvalue weighted by Crippen LogP contribution is 2.45. The predicted octanol–water partition coefficient (Wildman–Crippen LogP) is 4.41. The van der Waals surface area contributed by atoms with Crippen molar-refractivity contribution in [3.8, 4) is 11.1 Å². The van der Waals surface area contributed by atoms with Gasteiger partial charge in [0.15, 0.2) is 0 Å². The van der Waals surface area contributed by atoms with E-state index in [1.165, 1.54) is 11.3 Å². The van der Waals surface area contributed by atoms with Crippen molar-refractivity contribution in [3.05, 3.63) is 40.3 Å². The van der Waals surface area contributed by atoms with Gasteiger partial charge in [-0.3, -0.25) is 9.59 Å². The van der Waals surface area contributed by atoms with Gasteiger partial charge in [0.05, 0.1) is 30.1 Å². The Labute approximate surface area is 190 Å². The van der Waals surface area contributed by atoms with Crippen molar-refractivity contribution in [2.24, 2.45) is 11.8 Å². The van der Waals surface area contributed by atoms with Gasteiger partial charge in [0.25, 0.3) is 0 Å². The first-order valence-electron chi connectivity index (χ1n) is 10.8. The number of thiophene rings is 1. The predicted molar refractivity (Wildman–Crippen MR) is 121 cm³/mol. The Morgan fingerprint density at radius 1 is 1.09 bits per heavy atom. The van der Waals surface area contributed by atoms with Gasteiger partial charge in [0, 0.05) is 10.4 Å². The molecule has 2 saturated heterocycles. The zero-order valence-electron chi connectivity index (χ0n) is 18.5. The lowest BCUT2D eigenvalue weighted by Gasteiger charge is -2.23. The standard InChI is InChI=1S/C24H27NO6S/c1-11(2)30-24(29)20-17(14-7-5-12(3)6-8-14)13(4)32-22(20)25-21(26)18-15-9-10-16(31-15)19(18)23(27)28/h5-8,11,15-16,18-19H,9-10H2,1-4H3,(H,25,26)(H,27,28)/t15-,16-,18-,19-/m1/s1. The molecule has 0 radical (unpaired) electrons. The first kappa shape index (κ1) is 22.5. The van der Waals surface area contributed by atoms with Crippen LogP contribution >= 0.6 is 11.3 Å². The second-order valence-corrected chi connectivity index (χ2v) is 9.95. The second kappa shape index (κ2) is 8.67. The maximum Gasteiger partial charge on any atom is 0.342 e. The number of ether oxygens (including phenoxy) is 2. The lowest BCUT2D eigenvalue weighted by atomic mass is 9.78. The molecule has 0 unspecified atom stereocenters. The molecule has 7 nitrogen and oxygen atoms in total. The topological polar surface area (TPSA) is 102 Å². The summed E-state index contributed by atoms with van der Waals surface area (Å²) in [4.78, 5) is 38.9. The van der Waals surface area contributed by atoms with Crippen LogP contribution in [0.2, 0.25) is 0 Å². The summed E-state index contributed by atoms with van der Waals surface area (Å²) < 4.78 is 11.2. The molecule has 2 aromatic rings. The molecule has 2 aliphatic heterocycles. The number of amides is 1. The molecule has 1 aromatic heterocycles. The van der Waals surface area contributed by atoms with Crippen LogP contribution in [0.5, 0.6) is 0 Å². The summed E-state index contributed by atoms with van der Waals surface area (Å²) in [5.74, 6) is -3.64. The molecule has 4 atom stereocenters. The number of carboxylic acid groups (broad SMARTS) is 1. The fourth-order valence-electron chi connectivity index (χ4n) is 4.69. The summed E-state index contributed by atoms with van der Waals surface area (Å²) in [6.45, 7) is 7.42. The minimum absolute atomic E-state index is 0.300. The molecule has 8 heteroatoms. The Bertz CT molecular complexity index is 1060. The van der Waals surface area contributed by atoms with Crippen molar-refractivity contribution in [2.75, 3.05) is 5.32 Å². The van der Waals surface area contributed by atoms with Gasteiger partial charge in [-0.05, 0) is 46.1 Å². The van der Waals surface area contributed by atoms with Crippen molar-refractivity contribution < 1.29 is 29.0 Å². The summed E-state index contributed by atoms with van der Waals surface area (Å²) in [7, 11) is 0. The highest BCUT2D eigenvalue weighted by atomic mass is 32.1. The van der Waals surface area contributed by atoms with Gasteiger partial charge in [0.1, 0.15) is 10.6 Å². The van der Waals surface area contributed by atoms with Gasteiger partial charge < -0.3 is 19.9 Å². The fourth-order valence-corrected chi connectivity index (χ4v) is 5.76. The van der Waals surface area contributed by atoms with Crippen LogP contribution in [0.25, 0.3) is 11.1 Å². The molecule has 1 amide bonds. The van der Waals surface area contributed by atoms with E-state index >= 15 is 0 Å². The van der Waals surface area contributed by atoms with Crippen LogP contribution in [0.1, 0.15) is 47.5 Å². The molecule has 2 aliphatic rings. The van der Waals surface area contributed by atoms with Crippen molar-refractivity contribution in [3.63, 3.8) is 0 Å². The summed E-state index contributed by atoms with van der Waals surface area (Å²) >= 11 is 1.29. The molecule has 1 aromatic carbocycles. The Hall–Kier alpha value is -2.71. The van der Waals surface area contributed by atoms with E-state index in [4.69, 9.17) is 9.47 Å². The summed E-state index contributed by atoms with van der Waals surface area (Å²) in [5, 5.41) is 12.9. The number of esters is 1. The molecule has 2 fully saturated rings. The molecule has 2 N–H and O–H groups in total. The van der Waals surface area contributed by atoms with Crippen LogP contribution in [0.15, 0.2) is 24.3 Å². The molecular formula is C24H27NO6S. The number of benzene rings is 1. The number of aryl methyl sites for hydroxylation is 2. The SMILES string of the molecule is Cc1ccc(-c2c(C)sc(NC(=O)[C@H]3[C@H](C(=O)O)[C@H]4CC[C@H]3O4)c2C(=O)OC(C)C)cc1. The Balaban J connectivity index is 1.71. The first-order valence-corrected chi connectivity index (χ1v) is 11.6. The van der Waals surface area contributed by atoms with Crippen molar-refractivity contribution in [2.45, 2.75) is 58.8 Å². The second-order valence-electron chi connectivity index (χ2n) is 8.73. The third-order valence-corrected chi connectivity index (χ3v) is 7.09. The molecular weight excluding hydrogens is 430 g/mol. The number of nitrogens with one attached hydrogen (secondary N) is 1. The average Bonchev–Trinajstić information content (AvgIpc) is 3.41. The number of aliphatic carboxylic acids is 1. The number of hydrogen-bond acceptors (Lipinski definition) is 6. The molecule has 0 aliphatic carbocycles. The first-order chi connectivity index (χ1) is 15.2. The molecule has 0 saturated carbocycles. The monoisotopic (exact) mass is 457 g/mol. The number of carbonyl (C=O) groups excluding carboxylic acids is 2. The highest BCUT2D eigenvalue weighted by Gasteiger charge is 2.55. The number of carbonyl (C=O) groups is 3. The molecule has 170 valence electrons. The van der Waals surface area contributed by atoms with Gasteiger partial charge in [-0.25, -0.2) is 4.79 Å². The largest absolute Gasteiger partial charge is 0.481 e. The highest BCUT2D eigenvalue weighted by molar-refractivity contribution is 7.17. The molecule has 3 heterocycles. The van der Waals surface area contributed by atoms with Crippen LogP contribution in [0.4, 0.5) is 5.00 Å². The molecule has 0 spiro atoms. The van der Waals surface area contributed by atoms with Crippen LogP contribution in [-0.2, 0) is 19.1 Å². The van der Waals surface area contributed by atoms with Gasteiger partial charge in [0.2, 0.25) is 5.91 Å². The van der Waals surface area contributed by atoms with E-state index in [0.29, 0.717) is 23.4 Å². The number of hydrogen-bond donors (Lipinski definition) is 2. The minimum atomic E-state index is -1.03. The minimum Gasteiger partial charge on any atom is -0.481 e. The van der Waals surface area contributed by atoms with Crippen LogP contribution in [-0.4, -0.2) is 41.3 Å². The van der Waals surface area contributed by atoms with E-state index in [2.05, 4.69) is 5.32 Å². The smallest absolute Gasteiger partial charge is 0.342 e. The number of fused-ring (bicyclic) bond motifs is 2. The Kier molecular flexibility index (Phi) is 6.09. The molecule has 4 rings (SSSR count). The number of anilines is 1. The summed E-state index contributed by atoms with van der Waals surface area (Å²) in [6, 6.07) is 7.80. The fraction of sp³-hybridized carbons (Fsp3) is 0.458. The maximum atomic E-state index is 13.2. The average molecular weight is 458 g/mol. The van der Waals surface area contributed by atoms with Gasteiger partial charge in [-0.1, -0.05) is 29.8 Å². The number of rotatable bonds is 6. The molecule has 2 bridgehead atoms. The van der Waals surface area contributed by atoms with Gasteiger partial charge in [-0.15, -0.1) is 11.3 Å². The van der Waals surface area contributed by atoms with Crippen LogP contribution in [0.3, 0.4) is 0 Å². The van der Waals surface area contributed by atoms with Crippen molar-refractivity contribution >= 4 is 34.2 Å². The van der Waals surface area contributed by atoms with E-state index in [9.17, 15) is 19.5 Å². The quantitative estimate of drug-likeness (QED) is 0.623. The van der Waals surface area contributed by atoms with Crippen LogP contribution in [0, 0.1) is 25.7 Å². The third-order valence-electron chi connectivity index (χ3n) is 6.07. The summed E-state index contributed by atoms with van der Waals surface area (Å²) in [6.07, 6.45) is 0.129. The zero-order valence-corrected chi connectivity index (χ0v) is 19.3. The lowest BCUT2D eigenvalue weighted by molar-refractivity contribution is -0.147. The normalized spacial score (nSPS) is 24.0. The Morgan fingerprint density at radius 3 is 2.31 bits per heavy atom. The van der Waals surface area contributed by atoms with Gasteiger partial charge in [-0.2, -0.15) is 0 Å². The van der Waals surface area contributed by atoms with E-state index in [1.807, 2.05) is 38.1 Å². The van der Waals surface area contributed by atoms with E-state index in [-0.39, 0.29) is 6.10 Å². The van der Waals surface area contributed by atoms with E-state index < -0.39 is 41.9 Å². The van der Waals surface area contributed by atoms with E-state index in [1.54, 1.807) is 13.8 Å². The van der Waals surface area contributed by atoms with Crippen molar-refractivity contribution in [1.29, 1.82) is 0 Å². The summed E-state index contributed by atoms with van der Waals surface area (Å²) in [5.41, 5.74) is 2.97. The van der Waals surface area contributed by atoms with Crippen molar-refractivity contribution in [1.82, 2.24) is 0 Å². The molecule has 32 heavy (non-hydrogen) atoms. The number of carboxylic acids is 1. The zero-order chi connectivity index (χ0) is 23.2. The third kappa shape index (κ3) is 4.04. The van der Waals surface area contributed by atoms with Crippen LogP contribution < -0.4 is 5.32 Å². The lowest BCUT2D eigenvalue weighted by Crippen LogP contribution is -2.41. The Morgan fingerprint density at radius 2 is 1.72 bits per heavy atom.